The third-order valence-corrected chi connectivity index (χ3v) is 4.84. The van der Waals surface area contributed by atoms with Gasteiger partial charge in [-0.25, -0.2) is 5.43 Å². The minimum atomic E-state index is -0.773. The van der Waals surface area contributed by atoms with E-state index in [1.165, 1.54) is 0 Å². The Morgan fingerprint density at radius 1 is 0.966 bits per heavy atom. The molecule has 1 N–H and O–H groups in total. The molecule has 0 radical (unpaired) electrons. The van der Waals surface area contributed by atoms with Crippen molar-refractivity contribution in [2.75, 3.05) is 0 Å². The van der Waals surface area contributed by atoms with Crippen LogP contribution in [0.4, 0.5) is 0 Å². The first-order chi connectivity index (χ1) is 13.9. The molecule has 4 nitrogen and oxygen atoms in total. The van der Waals surface area contributed by atoms with Crippen LogP contribution in [0.2, 0.25) is 10.0 Å². The van der Waals surface area contributed by atoms with Crippen molar-refractivity contribution in [3.8, 4) is 16.9 Å². The summed E-state index contributed by atoms with van der Waals surface area (Å²) in [6.07, 6.45) is -0.773. The maximum absolute atomic E-state index is 12.3. The van der Waals surface area contributed by atoms with Crippen LogP contribution in [0, 0.1) is 0 Å². The molecule has 0 aliphatic rings. The van der Waals surface area contributed by atoms with Gasteiger partial charge in [0, 0.05) is 5.02 Å². The second-order valence-corrected chi connectivity index (χ2v) is 7.30. The number of carbonyl (C=O) groups excluding carboxylic acids is 1. The van der Waals surface area contributed by atoms with Crippen molar-refractivity contribution in [2.45, 2.75) is 20.0 Å². The fourth-order valence-corrected chi connectivity index (χ4v) is 3.10. The molecule has 6 heteroatoms. The standard InChI is InChI=1S/C23H20Cl2N2O2/c1-15(17-8-10-19(11-9-17)18-6-4-3-5-7-18)26-27-23(28)16(2)29-22-13-12-20(24)14-21(22)25/h3-14,16H,1-2H3,(H,27,28)/b26-15+. The lowest BCUT2D eigenvalue weighted by atomic mass is 10.0. The van der Waals surface area contributed by atoms with Gasteiger partial charge in [0.05, 0.1) is 10.7 Å². The summed E-state index contributed by atoms with van der Waals surface area (Å²) < 4.78 is 5.59. The van der Waals surface area contributed by atoms with Crippen LogP contribution in [-0.2, 0) is 4.79 Å². The Bertz CT molecular complexity index is 1020. The van der Waals surface area contributed by atoms with E-state index in [1.807, 2.05) is 49.4 Å². The number of amides is 1. The van der Waals surface area contributed by atoms with Crippen LogP contribution in [0.3, 0.4) is 0 Å². The molecule has 0 aliphatic carbocycles. The number of rotatable bonds is 6. The second-order valence-electron chi connectivity index (χ2n) is 6.45. The number of carbonyl (C=O) groups is 1. The van der Waals surface area contributed by atoms with Crippen molar-refractivity contribution in [1.82, 2.24) is 5.43 Å². The summed E-state index contributed by atoms with van der Waals surface area (Å²) in [6, 6.07) is 23.0. The molecule has 0 saturated carbocycles. The van der Waals surface area contributed by atoms with Gasteiger partial charge in [-0.3, -0.25) is 4.79 Å². The van der Waals surface area contributed by atoms with E-state index in [-0.39, 0.29) is 5.91 Å². The summed E-state index contributed by atoms with van der Waals surface area (Å²) in [6.45, 7) is 3.46. The van der Waals surface area contributed by atoms with Crippen molar-refractivity contribution in [3.05, 3.63) is 88.4 Å². The predicted octanol–water partition coefficient (Wildman–Crippen LogP) is 5.97. The summed E-state index contributed by atoms with van der Waals surface area (Å²) in [5.41, 5.74) is 6.40. The van der Waals surface area contributed by atoms with Crippen molar-refractivity contribution in [2.24, 2.45) is 5.10 Å². The van der Waals surface area contributed by atoms with Gasteiger partial charge in [-0.05, 0) is 48.7 Å². The minimum absolute atomic E-state index is 0.343. The lowest BCUT2D eigenvalue weighted by Crippen LogP contribution is -2.34. The molecule has 1 unspecified atom stereocenters. The summed E-state index contributed by atoms with van der Waals surface area (Å²) in [7, 11) is 0. The molecule has 148 valence electrons. The first-order valence-corrected chi connectivity index (χ1v) is 9.81. The summed E-state index contributed by atoms with van der Waals surface area (Å²) in [5, 5.41) is 5.02. The topological polar surface area (TPSA) is 50.7 Å². The van der Waals surface area contributed by atoms with Crippen LogP contribution < -0.4 is 10.2 Å². The molecule has 29 heavy (non-hydrogen) atoms. The van der Waals surface area contributed by atoms with E-state index < -0.39 is 6.10 Å². The molecule has 0 heterocycles. The molecule has 0 spiro atoms. The Morgan fingerprint density at radius 3 is 2.28 bits per heavy atom. The van der Waals surface area contributed by atoms with Gasteiger partial charge < -0.3 is 4.74 Å². The molecule has 3 aromatic rings. The molecular formula is C23H20Cl2N2O2. The SMILES string of the molecule is C/C(=N\NC(=O)C(C)Oc1ccc(Cl)cc1Cl)c1ccc(-c2ccccc2)cc1. The summed E-state index contributed by atoms with van der Waals surface area (Å²) >= 11 is 11.9. The molecule has 0 bridgehead atoms. The maximum atomic E-state index is 12.3. The van der Waals surface area contributed by atoms with Gasteiger partial charge in [0.1, 0.15) is 5.75 Å². The number of ether oxygens (including phenoxy) is 1. The minimum Gasteiger partial charge on any atom is -0.479 e. The number of halogens is 2. The predicted molar refractivity (Wildman–Crippen MR) is 119 cm³/mol. The molecule has 1 atom stereocenters. The summed E-state index contributed by atoms with van der Waals surface area (Å²) in [5.74, 6) is 0.00666. The lowest BCUT2D eigenvalue weighted by molar-refractivity contribution is -0.127. The Hall–Kier alpha value is -2.82. The monoisotopic (exact) mass is 426 g/mol. The molecule has 1 amide bonds. The van der Waals surface area contributed by atoms with Gasteiger partial charge >= 0.3 is 0 Å². The van der Waals surface area contributed by atoms with Crippen LogP contribution in [0.25, 0.3) is 11.1 Å². The van der Waals surface area contributed by atoms with Gasteiger partial charge in [0.2, 0.25) is 0 Å². The third kappa shape index (κ3) is 5.59. The Kier molecular flexibility index (Phi) is 6.91. The molecule has 0 aliphatic heterocycles. The highest BCUT2D eigenvalue weighted by Crippen LogP contribution is 2.28. The molecular weight excluding hydrogens is 407 g/mol. The van der Waals surface area contributed by atoms with Crippen LogP contribution in [-0.4, -0.2) is 17.7 Å². The number of benzene rings is 3. The first-order valence-electron chi connectivity index (χ1n) is 9.06. The Morgan fingerprint density at radius 2 is 1.62 bits per heavy atom. The zero-order valence-corrected chi connectivity index (χ0v) is 17.5. The van der Waals surface area contributed by atoms with E-state index in [4.69, 9.17) is 27.9 Å². The van der Waals surface area contributed by atoms with Gasteiger partial charge in [0.25, 0.3) is 5.91 Å². The fraction of sp³-hybridized carbons (Fsp3) is 0.130. The van der Waals surface area contributed by atoms with E-state index in [0.717, 1.165) is 16.7 Å². The van der Waals surface area contributed by atoms with E-state index in [1.54, 1.807) is 25.1 Å². The molecule has 0 aromatic heterocycles. The van der Waals surface area contributed by atoms with Gasteiger partial charge in [-0.15, -0.1) is 0 Å². The summed E-state index contributed by atoms with van der Waals surface area (Å²) in [4.78, 5) is 12.3. The van der Waals surface area contributed by atoms with Crippen LogP contribution >= 0.6 is 23.2 Å². The smallest absolute Gasteiger partial charge is 0.280 e. The second kappa shape index (κ2) is 9.59. The number of hydrazone groups is 1. The maximum Gasteiger partial charge on any atom is 0.280 e. The third-order valence-electron chi connectivity index (χ3n) is 4.31. The largest absolute Gasteiger partial charge is 0.479 e. The fourth-order valence-electron chi connectivity index (χ4n) is 2.64. The van der Waals surface area contributed by atoms with Crippen molar-refractivity contribution in [1.29, 1.82) is 0 Å². The van der Waals surface area contributed by atoms with Crippen LogP contribution in [0.5, 0.6) is 5.75 Å². The zero-order chi connectivity index (χ0) is 20.8. The quantitative estimate of drug-likeness (QED) is 0.389. The number of nitrogens with one attached hydrogen (secondary N) is 1. The van der Waals surface area contributed by atoms with Crippen molar-refractivity contribution < 1.29 is 9.53 Å². The Balaban J connectivity index is 1.61. The molecule has 3 rings (SSSR count). The van der Waals surface area contributed by atoms with E-state index in [9.17, 15) is 4.79 Å². The molecule has 0 saturated heterocycles. The zero-order valence-electron chi connectivity index (χ0n) is 16.0. The lowest BCUT2D eigenvalue weighted by Gasteiger charge is -2.14. The van der Waals surface area contributed by atoms with E-state index in [2.05, 4.69) is 22.7 Å². The molecule has 0 fully saturated rings. The average molecular weight is 427 g/mol. The van der Waals surface area contributed by atoms with E-state index in [0.29, 0.717) is 21.5 Å². The highest BCUT2D eigenvalue weighted by atomic mass is 35.5. The average Bonchev–Trinajstić information content (AvgIpc) is 2.74. The van der Waals surface area contributed by atoms with E-state index >= 15 is 0 Å². The first kappa shape index (κ1) is 20.9. The van der Waals surface area contributed by atoms with Crippen molar-refractivity contribution in [3.63, 3.8) is 0 Å². The molecule has 3 aromatic carbocycles. The van der Waals surface area contributed by atoms with Gasteiger partial charge in [0.15, 0.2) is 6.10 Å². The Labute approximate surface area is 180 Å². The number of hydrogen-bond acceptors (Lipinski definition) is 3. The van der Waals surface area contributed by atoms with Crippen LogP contribution in [0.15, 0.2) is 77.9 Å². The highest BCUT2D eigenvalue weighted by Gasteiger charge is 2.16. The normalized spacial score (nSPS) is 12.3. The number of nitrogens with zero attached hydrogens (tertiary/aromatic N) is 1. The van der Waals surface area contributed by atoms with Gasteiger partial charge in [-0.2, -0.15) is 5.10 Å². The number of hydrogen-bond donors (Lipinski definition) is 1. The van der Waals surface area contributed by atoms with Crippen LogP contribution in [0.1, 0.15) is 19.4 Å². The van der Waals surface area contributed by atoms with Gasteiger partial charge in [-0.1, -0.05) is 77.8 Å². The van der Waals surface area contributed by atoms with Crippen molar-refractivity contribution >= 4 is 34.8 Å². The highest BCUT2D eigenvalue weighted by molar-refractivity contribution is 6.35.